The number of nitrogens with zero attached hydrogens (tertiary/aromatic N) is 3. The van der Waals surface area contributed by atoms with Crippen LogP contribution in [-0.2, 0) is 4.79 Å². The van der Waals surface area contributed by atoms with E-state index >= 15 is 0 Å². The third-order valence-electron chi connectivity index (χ3n) is 4.92. The van der Waals surface area contributed by atoms with Crippen molar-refractivity contribution in [3.63, 3.8) is 0 Å². The summed E-state index contributed by atoms with van der Waals surface area (Å²) < 4.78 is 1.96. The van der Waals surface area contributed by atoms with Crippen molar-refractivity contribution >= 4 is 11.7 Å². The Hall–Kier alpha value is -1.78. The van der Waals surface area contributed by atoms with E-state index < -0.39 is 0 Å². The molecule has 2 aliphatic rings. The third kappa shape index (κ3) is 2.32. The van der Waals surface area contributed by atoms with E-state index in [2.05, 4.69) is 36.1 Å². The zero-order valence-electron chi connectivity index (χ0n) is 14.0. The molecule has 0 saturated carbocycles. The lowest BCUT2D eigenvalue weighted by Gasteiger charge is -2.35. The van der Waals surface area contributed by atoms with Crippen molar-refractivity contribution in [3.05, 3.63) is 23.5 Å². The van der Waals surface area contributed by atoms with Gasteiger partial charge in [0.15, 0.2) is 0 Å². The van der Waals surface area contributed by atoms with Gasteiger partial charge >= 0.3 is 0 Å². The van der Waals surface area contributed by atoms with Crippen LogP contribution in [0.3, 0.4) is 0 Å². The molecule has 0 aliphatic carbocycles. The summed E-state index contributed by atoms with van der Waals surface area (Å²) >= 11 is 0. The standard InChI is InChI=1S/C17H26N4O/c1-5-13-7-6-10-20(13)17(22)15-12(4)19-14-8-9-18-21(14)16(15)11(2)3/h8-9,11,13,16,19H,5-7,10H2,1-4H3/t13-,16?/m1/s1. The maximum absolute atomic E-state index is 13.2. The number of amides is 1. The van der Waals surface area contributed by atoms with Gasteiger partial charge in [-0.25, -0.2) is 4.68 Å². The lowest BCUT2D eigenvalue weighted by Crippen LogP contribution is -2.41. The van der Waals surface area contributed by atoms with E-state index in [1.807, 2.05) is 17.7 Å². The van der Waals surface area contributed by atoms with Crippen LogP contribution in [0, 0.1) is 5.92 Å². The van der Waals surface area contributed by atoms with Gasteiger partial charge < -0.3 is 10.2 Å². The fourth-order valence-corrected chi connectivity index (χ4v) is 3.82. The van der Waals surface area contributed by atoms with Gasteiger partial charge in [-0.15, -0.1) is 0 Å². The predicted octanol–water partition coefficient (Wildman–Crippen LogP) is 3.18. The lowest BCUT2D eigenvalue weighted by molar-refractivity contribution is -0.128. The van der Waals surface area contributed by atoms with Gasteiger partial charge in [-0.1, -0.05) is 20.8 Å². The fraction of sp³-hybridized carbons (Fsp3) is 0.647. The van der Waals surface area contributed by atoms with E-state index in [0.29, 0.717) is 12.0 Å². The van der Waals surface area contributed by atoms with Crippen molar-refractivity contribution in [3.8, 4) is 0 Å². The molecule has 1 fully saturated rings. The fourth-order valence-electron chi connectivity index (χ4n) is 3.82. The average molecular weight is 302 g/mol. The van der Waals surface area contributed by atoms with E-state index in [1.165, 1.54) is 0 Å². The molecule has 3 heterocycles. The molecule has 22 heavy (non-hydrogen) atoms. The Balaban J connectivity index is 1.98. The molecule has 0 bridgehead atoms. The summed E-state index contributed by atoms with van der Waals surface area (Å²) in [7, 11) is 0. The zero-order valence-corrected chi connectivity index (χ0v) is 14.0. The molecule has 1 aromatic heterocycles. The monoisotopic (exact) mass is 302 g/mol. The Labute approximate surface area is 132 Å². The molecular formula is C17H26N4O. The molecule has 5 heteroatoms. The minimum absolute atomic E-state index is 0.0110. The number of hydrogen-bond acceptors (Lipinski definition) is 3. The first-order valence-electron chi connectivity index (χ1n) is 8.36. The molecule has 2 aliphatic heterocycles. The highest BCUT2D eigenvalue weighted by atomic mass is 16.2. The first kappa shape index (κ1) is 15.1. The van der Waals surface area contributed by atoms with E-state index in [4.69, 9.17) is 0 Å². The van der Waals surface area contributed by atoms with Crippen molar-refractivity contribution in [2.24, 2.45) is 5.92 Å². The van der Waals surface area contributed by atoms with Crippen molar-refractivity contribution < 1.29 is 4.79 Å². The summed E-state index contributed by atoms with van der Waals surface area (Å²) in [5.41, 5.74) is 1.85. The molecule has 1 unspecified atom stereocenters. The SMILES string of the molecule is CC[C@@H]1CCCN1C(=O)C1=C(C)Nc2ccnn2C1C(C)C. The van der Waals surface area contributed by atoms with Crippen molar-refractivity contribution in [1.82, 2.24) is 14.7 Å². The largest absolute Gasteiger partial charge is 0.344 e. The van der Waals surface area contributed by atoms with E-state index in [-0.39, 0.29) is 11.9 Å². The van der Waals surface area contributed by atoms with Crippen molar-refractivity contribution in [2.45, 2.75) is 59.0 Å². The van der Waals surface area contributed by atoms with Crippen LogP contribution in [0.5, 0.6) is 0 Å². The molecule has 120 valence electrons. The molecule has 3 rings (SSSR count). The Morgan fingerprint density at radius 3 is 2.95 bits per heavy atom. The van der Waals surface area contributed by atoms with Crippen LogP contribution >= 0.6 is 0 Å². The molecule has 5 nitrogen and oxygen atoms in total. The Morgan fingerprint density at radius 2 is 2.27 bits per heavy atom. The van der Waals surface area contributed by atoms with Crippen LogP contribution in [0.1, 0.15) is 53.0 Å². The van der Waals surface area contributed by atoms with Gasteiger partial charge in [-0.3, -0.25) is 4.79 Å². The minimum atomic E-state index is 0.0110. The maximum atomic E-state index is 13.2. The van der Waals surface area contributed by atoms with Crippen molar-refractivity contribution in [2.75, 3.05) is 11.9 Å². The van der Waals surface area contributed by atoms with E-state index in [9.17, 15) is 4.79 Å². The molecule has 1 aromatic rings. The van der Waals surface area contributed by atoms with Gasteiger partial charge in [0.1, 0.15) is 5.82 Å². The summed E-state index contributed by atoms with van der Waals surface area (Å²) in [4.78, 5) is 15.3. The number of hydrogen-bond donors (Lipinski definition) is 1. The summed E-state index contributed by atoms with van der Waals surface area (Å²) in [6, 6.07) is 2.36. The van der Waals surface area contributed by atoms with Crippen LogP contribution in [0.25, 0.3) is 0 Å². The molecular weight excluding hydrogens is 276 g/mol. The number of nitrogens with one attached hydrogen (secondary N) is 1. The Kier molecular flexibility index (Phi) is 3.98. The normalized spacial score (nSPS) is 24.7. The van der Waals surface area contributed by atoms with Crippen molar-refractivity contribution in [1.29, 1.82) is 0 Å². The van der Waals surface area contributed by atoms with Gasteiger partial charge in [0.2, 0.25) is 0 Å². The van der Waals surface area contributed by atoms with Gasteiger partial charge in [-0.2, -0.15) is 5.10 Å². The third-order valence-corrected chi connectivity index (χ3v) is 4.92. The van der Waals surface area contributed by atoms with E-state index in [1.54, 1.807) is 6.20 Å². The highest BCUT2D eigenvalue weighted by Gasteiger charge is 2.38. The zero-order chi connectivity index (χ0) is 15.9. The summed E-state index contributed by atoms with van der Waals surface area (Å²) in [6.07, 6.45) is 5.07. The molecule has 0 radical (unpaired) electrons. The molecule has 1 N–H and O–H groups in total. The highest BCUT2D eigenvalue weighted by molar-refractivity contribution is 5.96. The van der Waals surface area contributed by atoms with Crippen LogP contribution in [0.4, 0.5) is 5.82 Å². The second kappa shape index (κ2) is 5.78. The van der Waals surface area contributed by atoms with Crippen LogP contribution in [-0.4, -0.2) is 33.2 Å². The molecule has 1 saturated heterocycles. The smallest absolute Gasteiger partial charge is 0.253 e. The summed E-state index contributed by atoms with van der Waals surface area (Å²) in [6.45, 7) is 9.37. The van der Waals surface area contributed by atoms with E-state index in [0.717, 1.165) is 42.9 Å². The van der Waals surface area contributed by atoms with Gasteiger partial charge in [0.25, 0.3) is 5.91 Å². The number of allylic oxidation sites excluding steroid dienone is 1. The van der Waals surface area contributed by atoms with Gasteiger partial charge in [-0.05, 0) is 32.1 Å². The number of carbonyl (C=O) groups excluding carboxylic acids is 1. The first-order valence-corrected chi connectivity index (χ1v) is 8.36. The first-order chi connectivity index (χ1) is 10.5. The number of carbonyl (C=O) groups is 1. The number of likely N-dealkylation sites (tertiary alicyclic amines) is 1. The highest BCUT2D eigenvalue weighted by Crippen LogP contribution is 2.37. The number of aromatic nitrogens is 2. The minimum Gasteiger partial charge on any atom is -0.344 e. The number of fused-ring (bicyclic) bond motifs is 1. The van der Waals surface area contributed by atoms with Crippen LogP contribution in [0.15, 0.2) is 23.5 Å². The van der Waals surface area contributed by atoms with Crippen LogP contribution < -0.4 is 5.32 Å². The molecule has 1 amide bonds. The van der Waals surface area contributed by atoms with Gasteiger partial charge in [0.05, 0.1) is 17.8 Å². The molecule has 0 spiro atoms. The summed E-state index contributed by atoms with van der Waals surface area (Å²) in [5, 5.41) is 7.79. The molecule has 2 atom stereocenters. The van der Waals surface area contributed by atoms with Crippen LogP contribution in [0.2, 0.25) is 0 Å². The average Bonchev–Trinajstić information content (AvgIpc) is 3.12. The number of anilines is 1. The Bertz CT molecular complexity index is 602. The quantitative estimate of drug-likeness (QED) is 0.933. The second-order valence-electron chi connectivity index (χ2n) is 6.72. The maximum Gasteiger partial charge on any atom is 0.253 e. The topological polar surface area (TPSA) is 50.2 Å². The molecule has 0 aromatic carbocycles. The van der Waals surface area contributed by atoms with Gasteiger partial charge in [0, 0.05) is 24.4 Å². The number of rotatable bonds is 3. The second-order valence-corrected chi connectivity index (χ2v) is 6.72. The summed E-state index contributed by atoms with van der Waals surface area (Å²) in [5.74, 6) is 1.48. The predicted molar refractivity (Wildman–Crippen MR) is 87.5 cm³/mol. The lowest BCUT2D eigenvalue weighted by atomic mass is 9.91. The Morgan fingerprint density at radius 1 is 1.50 bits per heavy atom.